The summed E-state index contributed by atoms with van der Waals surface area (Å²) in [5, 5.41) is 0.824. The van der Waals surface area contributed by atoms with Crippen molar-refractivity contribution in [1.29, 1.82) is 0 Å². The molecule has 0 saturated heterocycles. The van der Waals surface area contributed by atoms with E-state index in [1.54, 1.807) is 12.1 Å². The lowest BCUT2D eigenvalue weighted by Gasteiger charge is -2.19. The zero-order valence-electron chi connectivity index (χ0n) is 17.8. The minimum absolute atomic E-state index is 0.0339. The Morgan fingerprint density at radius 2 is 0.886 bits per heavy atom. The fourth-order valence-electron chi connectivity index (χ4n) is 4.42. The number of ether oxygens (including phenoxy) is 1. The van der Waals surface area contributed by atoms with E-state index in [9.17, 15) is 22.0 Å². The Labute approximate surface area is 194 Å². The van der Waals surface area contributed by atoms with Gasteiger partial charge in [0.15, 0.2) is 34.8 Å². The number of methoxy groups -OCH3 is 1. The molecule has 0 bridgehead atoms. The highest BCUT2D eigenvalue weighted by atomic mass is 19.2. The number of rotatable bonds is 3. The van der Waals surface area contributed by atoms with Gasteiger partial charge in [-0.2, -0.15) is 8.78 Å². The molecule has 0 aliphatic rings. The molecule has 0 unspecified atom stereocenters. The highest BCUT2D eigenvalue weighted by Crippen LogP contribution is 2.46. The van der Waals surface area contributed by atoms with Gasteiger partial charge in [-0.05, 0) is 44.8 Å². The van der Waals surface area contributed by atoms with Crippen LogP contribution in [0.4, 0.5) is 30.7 Å². The van der Waals surface area contributed by atoms with Crippen molar-refractivity contribution in [3.8, 4) is 28.0 Å². The van der Waals surface area contributed by atoms with E-state index in [0.717, 1.165) is 19.2 Å². The molecule has 0 N–H and O–H groups in total. The topological polar surface area (TPSA) is 9.23 Å². The first-order valence-electron chi connectivity index (χ1n) is 10.2. The largest absolute Gasteiger partial charge is 0.491 e. The molecule has 5 aromatic carbocycles. The van der Waals surface area contributed by atoms with E-state index in [4.69, 9.17) is 0 Å². The average Bonchev–Trinajstić information content (AvgIpc) is 2.86. The van der Waals surface area contributed by atoms with Crippen molar-refractivity contribution in [2.24, 2.45) is 0 Å². The second-order valence-electron chi connectivity index (χ2n) is 7.76. The minimum atomic E-state index is -1.71. The number of hydrogen-bond donors (Lipinski definition) is 0. The minimum Gasteiger partial charge on any atom is -0.491 e. The Morgan fingerprint density at radius 1 is 0.486 bits per heavy atom. The maximum Gasteiger partial charge on any atom is 0.204 e. The summed E-state index contributed by atoms with van der Waals surface area (Å²) in [5.41, 5.74) is -0.920. The first kappa shape index (κ1) is 22.7. The summed E-state index contributed by atoms with van der Waals surface area (Å²) in [6, 6.07) is 13.8. The predicted molar refractivity (Wildman–Crippen MR) is 119 cm³/mol. The second kappa shape index (κ2) is 8.30. The summed E-state index contributed by atoms with van der Waals surface area (Å²) < 4.78 is 106. The molecule has 0 heterocycles. The molecule has 8 heteroatoms. The molecule has 0 aliphatic heterocycles. The molecular weight excluding hydrogens is 473 g/mol. The summed E-state index contributed by atoms with van der Waals surface area (Å²) >= 11 is 0. The van der Waals surface area contributed by atoms with Gasteiger partial charge in [0.05, 0.1) is 12.7 Å². The Kier molecular flexibility index (Phi) is 5.39. The van der Waals surface area contributed by atoms with Gasteiger partial charge < -0.3 is 4.74 Å². The Balaban J connectivity index is 2.01. The molecule has 5 aromatic rings. The molecule has 0 atom stereocenters. The van der Waals surface area contributed by atoms with Crippen LogP contribution >= 0.6 is 0 Å². The third-order valence-corrected chi connectivity index (χ3v) is 5.88. The van der Waals surface area contributed by atoms with Gasteiger partial charge in [-0.15, -0.1) is 0 Å². The van der Waals surface area contributed by atoms with Crippen LogP contribution < -0.4 is 4.74 Å². The van der Waals surface area contributed by atoms with Crippen molar-refractivity contribution in [2.75, 3.05) is 7.11 Å². The summed E-state index contributed by atoms with van der Waals surface area (Å²) in [6.45, 7) is 0. The van der Waals surface area contributed by atoms with Gasteiger partial charge in [0, 0.05) is 5.56 Å². The van der Waals surface area contributed by atoms with Crippen LogP contribution in [0.25, 0.3) is 43.8 Å². The van der Waals surface area contributed by atoms with Crippen molar-refractivity contribution in [3.05, 3.63) is 101 Å². The molecule has 0 amide bonds. The molecule has 0 spiro atoms. The summed E-state index contributed by atoms with van der Waals surface area (Å²) in [6.07, 6.45) is 0. The standard InChI is InChI=1S/C27H13F7O/c1-35-27-25(33)23(31)21(24(32)26(27)34)20-15-8-4-2-6-13(15)19(14-7-3-5-9-16(14)20)12-10-17(28)22(30)18(29)11-12/h2-11H,1H3. The van der Waals surface area contributed by atoms with Crippen LogP contribution in [0.3, 0.4) is 0 Å². The van der Waals surface area contributed by atoms with Gasteiger partial charge in [-0.1, -0.05) is 48.5 Å². The molecule has 35 heavy (non-hydrogen) atoms. The van der Waals surface area contributed by atoms with Gasteiger partial charge in [-0.25, -0.2) is 22.0 Å². The normalized spacial score (nSPS) is 11.4. The number of hydrogen-bond acceptors (Lipinski definition) is 1. The van der Waals surface area contributed by atoms with E-state index < -0.39 is 52.0 Å². The SMILES string of the molecule is COc1c(F)c(F)c(-c2c3ccccc3c(-c3cc(F)c(F)c(F)c3)c3ccccc23)c(F)c1F. The molecule has 1 nitrogen and oxygen atoms in total. The van der Waals surface area contributed by atoms with Crippen molar-refractivity contribution in [1.82, 2.24) is 0 Å². The van der Waals surface area contributed by atoms with Gasteiger partial charge >= 0.3 is 0 Å². The lowest BCUT2D eigenvalue weighted by Crippen LogP contribution is -2.05. The molecular formula is C27H13F7O. The van der Waals surface area contributed by atoms with Crippen LogP contribution in [-0.4, -0.2) is 7.11 Å². The average molecular weight is 486 g/mol. The number of benzene rings is 5. The predicted octanol–water partition coefficient (Wildman–Crippen LogP) is 8.31. The van der Waals surface area contributed by atoms with E-state index in [1.165, 1.54) is 36.4 Å². The Hall–Kier alpha value is -4.07. The molecule has 0 radical (unpaired) electrons. The number of halogens is 7. The molecule has 0 aromatic heterocycles. The van der Waals surface area contributed by atoms with Gasteiger partial charge in [0.1, 0.15) is 0 Å². The molecule has 0 saturated carbocycles. The first-order chi connectivity index (χ1) is 16.8. The fourth-order valence-corrected chi connectivity index (χ4v) is 4.42. The van der Waals surface area contributed by atoms with Crippen LogP contribution in [0.15, 0.2) is 60.7 Å². The van der Waals surface area contributed by atoms with Crippen LogP contribution in [-0.2, 0) is 0 Å². The lowest BCUT2D eigenvalue weighted by atomic mass is 9.85. The summed E-state index contributed by atoms with van der Waals surface area (Å²) in [7, 11) is 0.876. The maximum atomic E-state index is 15.2. The van der Waals surface area contributed by atoms with Crippen molar-refractivity contribution in [2.45, 2.75) is 0 Å². The summed E-state index contributed by atoms with van der Waals surface area (Å²) in [4.78, 5) is 0. The zero-order chi connectivity index (χ0) is 25.0. The molecule has 0 fully saturated rings. The van der Waals surface area contributed by atoms with Gasteiger partial charge in [0.25, 0.3) is 0 Å². The van der Waals surface area contributed by atoms with Crippen molar-refractivity contribution >= 4 is 21.5 Å². The number of fused-ring (bicyclic) bond motifs is 2. The van der Waals surface area contributed by atoms with Gasteiger partial charge in [-0.3, -0.25) is 0 Å². The van der Waals surface area contributed by atoms with E-state index in [2.05, 4.69) is 4.74 Å². The third-order valence-electron chi connectivity index (χ3n) is 5.88. The van der Waals surface area contributed by atoms with Crippen LogP contribution in [0, 0.1) is 40.7 Å². The van der Waals surface area contributed by atoms with E-state index in [-0.39, 0.29) is 38.2 Å². The Morgan fingerprint density at radius 3 is 1.29 bits per heavy atom. The molecule has 5 rings (SSSR count). The second-order valence-corrected chi connectivity index (χ2v) is 7.76. The van der Waals surface area contributed by atoms with Crippen LogP contribution in [0.5, 0.6) is 5.75 Å². The molecule has 176 valence electrons. The van der Waals surface area contributed by atoms with Gasteiger partial charge in [0.2, 0.25) is 11.6 Å². The lowest BCUT2D eigenvalue weighted by molar-refractivity contribution is 0.334. The molecule has 0 aliphatic carbocycles. The highest BCUT2D eigenvalue weighted by molar-refractivity contribution is 6.21. The first-order valence-corrected chi connectivity index (χ1v) is 10.2. The van der Waals surface area contributed by atoms with Crippen LogP contribution in [0.1, 0.15) is 0 Å². The maximum absolute atomic E-state index is 15.2. The van der Waals surface area contributed by atoms with Crippen LogP contribution in [0.2, 0.25) is 0 Å². The summed E-state index contributed by atoms with van der Waals surface area (Å²) in [5.74, 6) is -12.4. The van der Waals surface area contributed by atoms with E-state index in [1.807, 2.05) is 0 Å². The fraction of sp³-hybridized carbons (Fsp3) is 0.0370. The smallest absolute Gasteiger partial charge is 0.204 e. The monoisotopic (exact) mass is 486 g/mol. The Bertz CT molecular complexity index is 1550. The van der Waals surface area contributed by atoms with Crippen molar-refractivity contribution in [3.63, 3.8) is 0 Å². The zero-order valence-corrected chi connectivity index (χ0v) is 17.8. The quantitative estimate of drug-likeness (QED) is 0.108. The van der Waals surface area contributed by atoms with E-state index >= 15 is 8.78 Å². The third kappa shape index (κ3) is 3.31. The highest BCUT2D eigenvalue weighted by Gasteiger charge is 2.30. The van der Waals surface area contributed by atoms with E-state index in [0.29, 0.717) is 0 Å². The van der Waals surface area contributed by atoms with Crippen molar-refractivity contribution < 1.29 is 35.5 Å².